The van der Waals surface area contributed by atoms with E-state index in [1.807, 2.05) is 13.8 Å². The van der Waals surface area contributed by atoms with Crippen molar-refractivity contribution in [3.05, 3.63) is 58.9 Å². The molecule has 1 heterocycles. The summed E-state index contributed by atoms with van der Waals surface area (Å²) in [4.78, 5) is 15.2. The molecule has 0 fully saturated rings. The molecule has 0 amide bonds. The van der Waals surface area contributed by atoms with Gasteiger partial charge in [-0.15, -0.1) is 0 Å². The van der Waals surface area contributed by atoms with Crippen molar-refractivity contribution in [2.75, 3.05) is 0 Å². The van der Waals surface area contributed by atoms with Gasteiger partial charge in [0.1, 0.15) is 0 Å². The summed E-state index contributed by atoms with van der Waals surface area (Å²) in [6.45, 7) is 3.78. The first-order chi connectivity index (χ1) is 10.8. The zero-order chi connectivity index (χ0) is 17.0. The molecule has 2 rings (SSSR count). The topological polar surface area (TPSA) is 96.4 Å². The first-order valence-corrected chi connectivity index (χ1v) is 8.59. The molecule has 1 aromatic carbocycles. The van der Waals surface area contributed by atoms with Gasteiger partial charge in [-0.3, -0.25) is 4.98 Å². The van der Waals surface area contributed by atoms with Gasteiger partial charge in [-0.05, 0) is 48.2 Å². The van der Waals surface area contributed by atoms with Crippen LogP contribution < -0.4 is 4.72 Å². The number of pyridine rings is 1. The van der Waals surface area contributed by atoms with Gasteiger partial charge in [0.15, 0.2) is 0 Å². The summed E-state index contributed by atoms with van der Waals surface area (Å²) in [6, 6.07) is 5.94. The second-order valence-electron chi connectivity index (χ2n) is 5.10. The zero-order valence-corrected chi connectivity index (χ0v) is 13.7. The fourth-order valence-corrected chi connectivity index (χ4v) is 3.20. The van der Waals surface area contributed by atoms with Crippen molar-refractivity contribution in [1.29, 1.82) is 0 Å². The molecule has 0 atom stereocenters. The maximum Gasteiger partial charge on any atom is 0.336 e. The minimum absolute atomic E-state index is 0.00735. The largest absolute Gasteiger partial charge is 0.478 e. The first-order valence-electron chi connectivity index (χ1n) is 7.10. The quantitative estimate of drug-likeness (QED) is 0.843. The molecule has 7 heteroatoms. The minimum atomic E-state index is -3.80. The Morgan fingerprint density at radius 1 is 1.26 bits per heavy atom. The molecule has 0 spiro atoms. The lowest BCUT2D eigenvalue weighted by molar-refractivity contribution is 0.0695. The van der Waals surface area contributed by atoms with Crippen LogP contribution in [0.15, 0.2) is 41.6 Å². The van der Waals surface area contributed by atoms with Crippen LogP contribution in [0.25, 0.3) is 0 Å². The predicted molar refractivity (Wildman–Crippen MR) is 85.8 cm³/mol. The van der Waals surface area contributed by atoms with E-state index < -0.39 is 16.0 Å². The van der Waals surface area contributed by atoms with E-state index >= 15 is 0 Å². The molecule has 0 saturated heterocycles. The second kappa shape index (κ2) is 6.89. The Balaban J connectivity index is 2.28. The van der Waals surface area contributed by atoms with Gasteiger partial charge in [-0.25, -0.2) is 17.9 Å². The highest BCUT2D eigenvalue weighted by atomic mass is 32.2. The van der Waals surface area contributed by atoms with Gasteiger partial charge in [-0.2, -0.15) is 0 Å². The van der Waals surface area contributed by atoms with Crippen LogP contribution in [0, 0.1) is 6.92 Å². The number of aromatic carboxylic acids is 1. The molecule has 0 aliphatic carbocycles. The van der Waals surface area contributed by atoms with Crippen molar-refractivity contribution < 1.29 is 18.3 Å². The van der Waals surface area contributed by atoms with E-state index in [2.05, 4.69) is 9.71 Å². The van der Waals surface area contributed by atoms with E-state index in [0.29, 0.717) is 12.0 Å². The van der Waals surface area contributed by atoms with E-state index in [1.165, 1.54) is 18.2 Å². The number of nitrogens with zero attached hydrogens (tertiary/aromatic N) is 1. The average molecular weight is 334 g/mol. The maximum absolute atomic E-state index is 12.4. The highest BCUT2D eigenvalue weighted by Crippen LogP contribution is 2.17. The number of hydrogen-bond donors (Lipinski definition) is 2. The van der Waals surface area contributed by atoms with Crippen LogP contribution in [0.4, 0.5) is 0 Å². The predicted octanol–water partition coefficient (Wildman–Crippen LogP) is 2.13. The maximum atomic E-state index is 12.4. The molecule has 122 valence electrons. The van der Waals surface area contributed by atoms with Crippen LogP contribution >= 0.6 is 0 Å². The Morgan fingerprint density at radius 2 is 2.00 bits per heavy atom. The third kappa shape index (κ3) is 3.94. The van der Waals surface area contributed by atoms with Gasteiger partial charge in [0, 0.05) is 18.9 Å². The van der Waals surface area contributed by atoms with Crippen LogP contribution in [0.2, 0.25) is 0 Å². The average Bonchev–Trinajstić information content (AvgIpc) is 2.53. The highest BCUT2D eigenvalue weighted by molar-refractivity contribution is 7.89. The van der Waals surface area contributed by atoms with E-state index in [4.69, 9.17) is 0 Å². The zero-order valence-electron chi connectivity index (χ0n) is 12.9. The van der Waals surface area contributed by atoms with Gasteiger partial charge < -0.3 is 5.11 Å². The van der Waals surface area contributed by atoms with Crippen molar-refractivity contribution in [2.45, 2.75) is 31.7 Å². The Morgan fingerprint density at radius 3 is 2.61 bits per heavy atom. The molecule has 1 aromatic heterocycles. The lowest BCUT2D eigenvalue weighted by Crippen LogP contribution is -2.24. The molecule has 23 heavy (non-hydrogen) atoms. The molecule has 2 aromatic rings. The molecular formula is C16H18N2O4S. The molecular weight excluding hydrogens is 316 g/mol. The SMILES string of the molecule is CCc1ccc(S(=O)(=O)NCc2cnccc2C)cc1C(=O)O. The number of carboxylic acids is 1. The Hall–Kier alpha value is -2.25. The van der Waals surface area contributed by atoms with Crippen LogP contribution in [0.3, 0.4) is 0 Å². The smallest absolute Gasteiger partial charge is 0.336 e. The number of nitrogens with one attached hydrogen (secondary N) is 1. The summed E-state index contributed by atoms with van der Waals surface area (Å²) in [5.74, 6) is -1.14. The van der Waals surface area contributed by atoms with Gasteiger partial charge in [0.2, 0.25) is 10.0 Å². The highest BCUT2D eigenvalue weighted by Gasteiger charge is 2.18. The van der Waals surface area contributed by atoms with Crippen molar-refractivity contribution in [2.24, 2.45) is 0 Å². The van der Waals surface area contributed by atoms with Gasteiger partial charge in [-0.1, -0.05) is 13.0 Å². The molecule has 2 N–H and O–H groups in total. The van der Waals surface area contributed by atoms with E-state index in [9.17, 15) is 18.3 Å². The molecule has 0 aliphatic rings. The fourth-order valence-electron chi connectivity index (χ4n) is 2.17. The molecule has 0 unspecified atom stereocenters. The fraction of sp³-hybridized carbons (Fsp3) is 0.250. The third-order valence-corrected chi connectivity index (χ3v) is 5.00. The van der Waals surface area contributed by atoms with Crippen LogP contribution in [-0.4, -0.2) is 24.5 Å². The molecule has 0 saturated carbocycles. The molecule has 6 nitrogen and oxygen atoms in total. The number of hydrogen-bond acceptors (Lipinski definition) is 4. The number of aromatic nitrogens is 1. The summed E-state index contributed by atoms with van der Waals surface area (Å²) >= 11 is 0. The van der Waals surface area contributed by atoms with Gasteiger partial charge in [0.05, 0.1) is 10.5 Å². The third-order valence-electron chi connectivity index (χ3n) is 3.60. The summed E-state index contributed by atoms with van der Waals surface area (Å²) in [5.41, 5.74) is 2.29. The number of sulfonamides is 1. The summed E-state index contributed by atoms with van der Waals surface area (Å²) < 4.78 is 27.2. The summed E-state index contributed by atoms with van der Waals surface area (Å²) in [5, 5.41) is 9.21. The summed E-state index contributed by atoms with van der Waals surface area (Å²) in [6.07, 6.45) is 3.75. The lowest BCUT2D eigenvalue weighted by atomic mass is 10.1. The molecule has 0 bridgehead atoms. The van der Waals surface area contributed by atoms with E-state index in [1.54, 1.807) is 18.5 Å². The van der Waals surface area contributed by atoms with Crippen LogP contribution in [-0.2, 0) is 23.0 Å². The number of carbonyl (C=O) groups is 1. The lowest BCUT2D eigenvalue weighted by Gasteiger charge is -2.10. The molecule has 0 aliphatic heterocycles. The normalized spacial score (nSPS) is 11.4. The van der Waals surface area contributed by atoms with Crippen molar-refractivity contribution in [3.8, 4) is 0 Å². The van der Waals surface area contributed by atoms with Crippen molar-refractivity contribution in [3.63, 3.8) is 0 Å². The minimum Gasteiger partial charge on any atom is -0.478 e. The second-order valence-corrected chi connectivity index (χ2v) is 6.87. The van der Waals surface area contributed by atoms with E-state index in [-0.39, 0.29) is 17.0 Å². The monoisotopic (exact) mass is 334 g/mol. The van der Waals surface area contributed by atoms with Crippen LogP contribution in [0.5, 0.6) is 0 Å². The van der Waals surface area contributed by atoms with Crippen molar-refractivity contribution in [1.82, 2.24) is 9.71 Å². The Kier molecular flexibility index (Phi) is 5.12. The van der Waals surface area contributed by atoms with Gasteiger partial charge >= 0.3 is 5.97 Å². The Bertz CT molecular complexity index is 832. The standard InChI is InChI=1S/C16H18N2O4S/c1-3-12-4-5-14(8-15(12)16(19)20)23(21,22)18-10-13-9-17-7-6-11(13)2/h4-9,18H,3,10H2,1-2H3,(H,19,20). The number of rotatable bonds is 6. The summed E-state index contributed by atoms with van der Waals surface area (Å²) in [7, 11) is -3.80. The van der Waals surface area contributed by atoms with Gasteiger partial charge in [0.25, 0.3) is 0 Å². The van der Waals surface area contributed by atoms with Crippen LogP contribution in [0.1, 0.15) is 34.0 Å². The first kappa shape index (κ1) is 17.1. The van der Waals surface area contributed by atoms with E-state index in [0.717, 1.165) is 11.1 Å². The number of carboxylic acid groups (broad SMARTS) is 1. The number of aryl methyl sites for hydroxylation is 2. The van der Waals surface area contributed by atoms with Crippen molar-refractivity contribution >= 4 is 16.0 Å². The number of benzene rings is 1. The molecule has 0 radical (unpaired) electrons. The Labute approximate surface area is 135 Å².